The van der Waals surface area contributed by atoms with Gasteiger partial charge in [0.25, 0.3) is 0 Å². The van der Waals surface area contributed by atoms with Gasteiger partial charge in [-0.1, -0.05) is 48.5 Å². The maximum atomic E-state index is 12.1. The summed E-state index contributed by atoms with van der Waals surface area (Å²) in [5, 5.41) is 20.9. The lowest BCUT2D eigenvalue weighted by molar-refractivity contribution is -0.131. The van der Waals surface area contributed by atoms with Crippen LogP contribution in [0.5, 0.6) is 0 Å². The van der Waals surface area contributed by atoms with E-state index in [9.17, 15) is 9.90 Å². The normalized spacial score (nSPS) is 14.0. The summed E-state index contributed by atoms with van der Waals surface area (Å²) in [6.45, 7) is 0. The van der Waals surface area contributed by atoms with Crippen LogP contribution in [0.15, 0.2) is 60.4 Å². The molecule has 0 aromatic heterocycles. The van der Waals surface area contributed by atoms with Gasteiger partial charge in [0.2, 0.25) is 0 Å². The second-order valence-corrected chi connectivity index (χ2v) is 4.49. The van der Waals surface area contributed by atoms with E-state index in [-0.39, 0.29) is 5.76 Å². The summed E-state index contributed by atoms with van der Waals surface area (Å²) >= 11 is 0. The first-order valence-electron chi connectivity index (χ1n) is 5.98. The van der Waals surface area contributed by atoms with Crippen LogP contribution in [-0.2, 0) is 9.90 Å². The Kier molecular flexibility index (Phi) is 2.60. The summed E-state index contributed by atoms with van der Waals surface area (Å²) in [6.07, 6.45) is 0.754. The molecule has 1 aliphatic carbocycles. The topological polar surface area (TPSA) is 57.2 Å². The van der Waals surface area contributed by atoms with E-state index in [0.29, 0.717) is 0 Å². The molecule has 0 saturated heterocycles. The number of hydrogen-bond donors (Lipinski definition) is 1. The predicted molar refractivity (Wildman–Crippen MR) is 70.1 cm³/mol. The largest absolute Gasteiger partial charge is 0.478 e. The van der Waals surface area contributed by atoms with Gasteiger partial charge in [0, 0.05) is 0 Å². The molecule has 19 heavy (non-hydrogen) atoms. The molecule has 1 radical (unpaired) electrons. The summed E-state index contributed by atoms with van der Waals surface area (Å²) in [5.74, 6) is -2.08. The van der Waals surface area contributed by atoms with Gasteiger partial charge in [0.15, 0.2) is 5.76 Å². The molecule has 2 aromatic carbocycles. The van der Waals surface area contributed by atoms with Gasteiger partial charge in [-0.2, -0.15) is 0 Å². The van der Waals surface area contributed by atoms with Crippen LogP contribution in [0.4, 0.5) is 0 Å². The molecule has 3 heteroatoms. The van der Waals surface area contributed by atoms with Gasteiger partial charge in [0.1, 0.15) is 0 Å². The van der Waals surface area contributed by atoms with Gasteiger partial charge in [-0.05, 0) is 22.3 Å². The molecule has 3 rings (SSSR count). The Hall–Kier alpha value is -2.55. The molecule has 0 heterocycles. The fraction of sp³-hybridized carbons (Fsp3) is 0.0625. The molecule has 2 aromatic rings. The molecule has 0 unspecified atom stereocenters. The predicted octanol–water partition coefficient (Wildman–Crippen LogP) is 3.20. The highest BCUT2D eigenvalue weighted by Crippen LogP contribution is 2.47. The first kappa shape index (κ1) is 11.5. The highest BCUT2D eigenvalue weighted by atomic mass is 16.4. The van der Waals surface area contributed by atoms with Crippen molar-refractivity contribution in [3.8, 4) is 11.1 Å². The summed E-state index contributed by atoms with van der Waals surface area (Å²) < 4.78 is 0. The minimum Gasteiger partial charge on any atom is -0.478 e. The first-order chi connectivity index (χ1) is 9.18. The zero-order valence-corrected chi connectivity index (χ0v) is 10.0. The molecule has 1 N–H and O–H groups in total. The van der Waals surface area contributed by atoms with Crippen molar-refractivity contribution in [2.24, 2.45) is 0 Å². The van der Waals surface area contributed by atoms with Crippen LogP contribution in [0.2, 0.25) is 0 Å². The minimum absolute atomic E-state index is 0.384. The van der Waals surface area contributed by atoms with Crippen LogP contribution in [0.3, 0.4) is 0 Å². The maximum Gasteiger partial charge on any atom is 0.331 e. The molecule has 0 bridgehead atoms. The van der Waals surface area contributed by atoms with Crippen molar-refractivity contribution in [2.75, 3.05) is 0 Å². The lowest BCUT2D eigenvalue weighted by Crippen LogP contribution is -2.02. The number of hydrogen-bond acceptors (Lipinski definition) is 1. The van der Waals surface area contributed by atoms with Crippen LogP contribution >= 0.6 is 0 Å². The van der Waals surface area contributed by atoms with E-state index in [1.807, 2.05) is 48.5 Å². The smallest absolute Gasteiger partial charge is 0.331 e. The average Bonchev–Trinajstić information content (AvgIpc) is 2.72. The first-order valence-corrected chi connectivity index (χ1v) is 5.98. The number of carboxylic acids is 1. The minimum atomic E-state index is -1.20. The molecule has 0 spiro atoms. The van der Waals surface area contributed by atoms with Crippen LogP contribution in [0.25, 0.3) is 11.1 Å². The van der Waals surface area contributed by atoms with E-state index in [4.69, 9.17) is 5.11 Å². The highest BCUT2D eigenvalue weighted by Gasteiger charge is 2.32. The van der Waals surface area contributed by atoms with E-state index in [1.165, 1.54) is 0 Å². The molecule has 0 aliphatic heterocycles. The second kappa shape index (κ2) is 4.28. The SMILES string of the molecule is [O]C(=CC(=O)O)C1c2ccccc2-c2ccccc21. The van der Waals surface area contributed by atoms with Gasteiger partial charge in [-0.3, -0.25) is 5.11 Å². The third-order valence-corrected chi connectivity index (χ3v) is 3.38. The Morgan fingerprint density at radius 3 is 1.89 bits per heavy atom. The van der Waals surface area contributed by atoms with Gasteiger partial charge < -0.3 is 5.11 Å². The van der Waals surface area contributed by atoms with Gasteiger partial charge in [0.05, 0.1) is 12.0 Å². The maximum absolute atomic E-state index is 12.1. The van der Waals surface area contributed by atoms with E-state index >= 15 is 0 Å². The van der Waals surface area contributed by atoms with Crippen LogP contribution in [0.1, 0.15) is 17.0 Å². The van der Waals surface area contributed by atoms with Crippen molar-refractivity contribution >= 4 is 5.97 Å². The third-order valence-electron chi connectivity index (χ3n) is 3.38. The van der Waals surface area contributed by atoms with Gasteiger partial charge in [-0.25, -0.2) is 4.79 Å². The zero-order chi connectivity index (χ0) is 13.4. The standard InChI is InChI=1S/C16H11O3/c17-14(9-15(18)19)16-12-7-3-1-5-10(12)11-6-2-4-8-13(11)16/h1-9,16H,(H,18,19). The molecule has 0 saturated carbocycles. The van der Waals surface area contributed by atoms with Crippen LogP contribution in [-0.4, -0.2) is 11.1 Å². The Balaban J connectivity index is 2.23. The monoisotopic (exact) mass is 251 g/mol. The molecule has 1 aliphatic rings. The molecule has 0 fully saturated rings. The van der Waals surface area contributed by atoms with E-state index in [1.54, 1.807) is 0 Å². The lowest BCUT2D eigenvalue weighted by Gasteiger charge is -2.09. The van der Waals surface area contributed by atoms with Crippen molar-refractivity contribution in [2.45, 2.75) is 5.92 Å². The van der Waals surface area contributed by atoms with E-state index in [2.05, 4.69) is 0 Å². The van der Waals surface area contributed by atoms with Crippen LogP contribution in [0, 0.1) is 0 Å². The summed E-state index contributed by atoms with van der Waals surface area (Å²) in [4.78, 5) is 10.7. The molecule has 0 amide bonds. The summed E-state index contributed by atoms with van der Waals surface area (Å²) in [6, 6.07) is 15.3. The highest BCUT2D eigenvalue weighted by molar-refractivity contribution is 5.84. The fourth-order valence-corrected chi connectivity index (χ4v) is 2.67. The Morgan fingerprint density at radius 2 is 1.42 bits per heavy atom. The van der Waals surface area contributed by atoms with E-state index < -0.39 is 11.9 Å². The molecular formula is C16H11O3. The summed E-state index contributed by atoms with van der Waals surface area (Å²) in [7, 11) is 0. The number of carboxylic acid groups (broad SMARTS) is 1. The van der Waals surface area contributed by atoms with Gasteiger partial charge >= 0.3 is 5.97 Å². The number of fused-ring (bicyclic) bond motifs is 3. The molecule has 93 valence electrons. The third kappa shape index (κ3) is 1.80. The molecule has 0 atom stereocenters. The number of carbonyl (C=O) groups is 1. The molecular weight excluding hydrogens is 240 g/mol. The van der Waals surface area contributed by atoms with Crippen LogP contribution < -0.4 is 0 Å². The average molecular weight is 251 g/mol. The van der Waals surface area contributed by atoms with E-state index in [0.717, 1.165) is 28.3 Å². The number of benzene rings is 2. The van der Waals surface area contributed by atoms with Gasteiger partial charge in [-0.15, -0.1) is 0 Å². The van der Waals surface area contributed by atoms with Crippen molar-refractivity contribution in [3.05, 3.63) is 71.5 Å². The zero-order valence-electron chi connectivity index (χ0n) is 10.0. The number of rotatable bonds is 2. The van der Waals surface area contributed by atoms with Crippen molar-refractivity contribution in [1.82, 2.24) is 0 Å². The summed E-state index contributed by atoms with van der Waals surface area (Å²) in [5.41, 5.74) is 3.78. The Bertz CT molecular complexity index is 640. The second-order valence-electron chi connectivity index (χ2n) is 4.49. The van der Waals surface area contributed by atoms with Crippen molar-refractivity contribution in [3.63, 3.8) is 0 Å². The Labute approximate surface area is 110 Å². The van der Waals surface area contributed by atoms with Crippen molar-refractivity contribution < 1.29 is 15.0 Å². The Morgan fingerprint density at radius 1 is 0.947 bits per heavy atom. The van der Waals surface area contributed by atoms with Crippen molar-refractivity contribution in [1.29, 1.82) is 0 Å². The number of allylic oxidation sites excluding steroid dienone is 1. The fourth-order valence-electron chi connectivity index (χ4n) is 2.67. The lowest BCUT2D eigenvalue weighted by atomic mass is 9.94. The molecule has 3 nitrogen and oxygen atoms in total. The number of aliphatic carboxylic acids is 1. The quantitative estimate of drug-likeness (QED) is 0.658.